The van der Waals surface area contributed by atoms with E-state index in [4.69, 9.17) is 0 Å². The zero-order chi connectivity index (χ0) is 18.1. The SMILES string of the molecule is CC(=O)/C=C/c1cc2cc(NC(=O)c3cc4ccccc4[nH]3)ccc2[nH]1. The summed E-state index contributed by atoms with van der Waals surface area (Å²) in [5.74, 6) is -0.192. The number of carbonyl (C=O) groups excluding carboxylic acids is 2. The summed E-state index contributed by atoms with van der Waals surface area (Å²) in [5.41, 5.74) is 3.94. The van der Waals surface area contributed by atoms with Gasteiger partial charge in [-0.15, -0.1) is 0 Å². The fourth-order valence-electron chi connectivity index (χ4n) is 2.92. The second kappa shape index (κ2) is 6.37. The Labute approximate surface area is 149 Å². The molecule has 0 fully saturated rings. The van der Waals surface area contributed by atoms with E-state index >= 15 is 0 Å². The molecule has 128 valence electrons. The highest BCUT2D eigenvalue weighted by molar-refractivity contribution is 6.06. The highest BCUT2D eigenvalue weighted by Gasteiger charge is 2.10. The molecule has 0 spiro atoms. The lowest BCUT2D eigenvalue weighted by Gasteiger charge is -2.03. The number of benzene rings is 2. The second-order valence-corrected chi connectivity index (χ2v) is 6.20. The molecule has 0 aliphatic heterocycles. The summed E-state index contributed by atoms with van der Waals surface area (Å²) in [4.78, 5) is 29.9. The van der Waals surface area contributed by atoms with Crippen molar-refractivity contribution in [2.45, 2.75) is 6.92 Å². The van der Waals surface area contributed by atoms with Gasteiger partial charge in [-0.05, 0) is 55.5 Å². The van der Waals surface area contributed by atoms with Crippen molar-refractivity contribution < 1.29 is 9.59 Å². The van der Waals surface area contributed by atoms with Crippen LogP contribution in [0.1, 0.15) is 23.1 Å². The van der Waals surface area contributed by atoms with Crippen LogP contribution in [0.3, 0.4) is 0 Å². The van der Waals surface area contributed by atoms with E-state index in [2.05, 4.69) is 15.3 Å². The first-order valence-electron chi connectivity index (χ1n) is 8.29. The first-order chi connectivity index (χ1) is 12.6. The Morgan fingerprint density at radius 2 is 1.73 bits per heavy atom. The minimum atomic E-state index is -0.187. The van der Waals surface area contributed by atoms with Gasteiger partial charge in [0.2, 0.25) is 0 Å². The van der Waals surface area contributed by atoms with E-state index < -0.39 is 0 Å². The Hall–Kier alpha value is -3.60. The first-order valence-corrected chi connectivity index (χ1v) is 8.29. The van der Waals surface area contributed by atoms with E-state index in [1.807, 2.05) is 54.6 Å². The molecule has 0 atom stereocenters. The van der Waals surface area contributed by atoms with Gasteiger partial charge in [0, 0.05) is 33.2 Å². The lowest BCUT2D eigenvalue weighted by atomic mass is 10.2. The number of carbonyl (C=O) groups is 2. The quantitative estimate of drug-likeness (QED) is 0.477. The van der Waals surface area contributed by atoms with Crippen LogP contribution in [-0.4, -0.2) is 21.7 Å². The van der Waals surface area contributed by atoms with E-state index in [1.165, 1.54) is 13.0 Å². The van der Waals surface area contributed by atoms with Gasteiger partial charge in [-0.2, -0.15) is 0 Å². The minimum Gasteiger partial charge on any atom is -0.355 e. The van der Waals surface area contributed by atoms with Crippen LogP contribution in [0.15, 0.2) is 60.7 Å². The van der Waals surface area contributed by atoms with Crippen molar-refractivity contribution in [3.05, 3.63) is 72.1 Å². The number of allylic oxidation sites excluding steroid dienone is 1. The van der Waals surface area contributed by atoms with Crippen molar-refractivity contribution in [1.82, 2.24) is 9.97 Å². The van der Waals surface area contributed by atoms with Gasteiger partial charge >= 0.3 is 0 Å². The number of H-pyrrole nitrogens is 2. The molecule has 5 heteroatoms. The summed E-state index contributed by atoms with van der Waals surface area (Å²) >= 11 is 0. The topological polar surface area (TPSA) is 77.8 Å². The molecule has 0 saturated carbocycles. The van der Waals surface area contributed by atoms with Gasteiger partial charge in [0.05, 0.1) is 0 Å². The Bertz CT molecular complexity index is 1130. The number of ketones is 1. The van der Waals surface area contributed by atoms with Gasteiger partial charge in [-0.3, -0.25) is 9.59 Å². The lowest BCUT2D eigenvalue weighted by Crippen LogP contribution is -2.11. The third kappa shape index (κ3) is 3.15. The number of hydrogen-bond donors (Lipinski definition) is 3. The summed E-state index contributed by atoms with van der Waals surface area (Å²) in [6, 6.07) is 17.2. The Morgan fingerprint density at radius 1 is 0.923 bits per heavy atom. The molecular formula is C21H17N3O2. The number of para-hydroxylation sites is 1. The van der Waals surface area contributed by atoms with Crippen LogP contribution in [0.4, 0.5) is 5.69 Å². The van der Waals surface area contributed by atoms with Crippen LogP contribution in [0.2, 0.25) is 0 Å². The minimum absolute atomic E-state index is 0.00468. The highest BCUT2D eigenvalue weighted by atomic mass is 16.2. The predicted molar refractivity (Wildman–Crippen MR) is 104 cm³/mol. The average molecular weight is 343 g/mol. The summed E-state index contributed by atoms with van der Waals surface area (Å²) in [6.45, 7) is 1.51. The first kappa shape index (κ1) is 15.9. The van der Waals surface area contributed by atoms with E-state index in [-0.39, 0.29) is 11.7 Å². The van der Waals surface area contributed by atoms with Crippen LogP contribution in [0.5, 0.6) is 0 Å². The molecule has 2 aromatic heterocycles. The van der Waals surface area contributed by atoms with E-state index in [0.717, 1.165) is 27.5 Å². The zero-order valence-electron chi connectivity index (χ0n) is 14.2. The normalized spacial score (nSPS) is 11.4. The smallest absolute Gasteiger partial charge is 0.272 e. The third-order valence-electron chi connectivity index (χ3n) is 4.17. The van der Waals surface area contributed by atoms with Gasteiger partial charge in [-0.1, -0.05) is 18.2 Å². The number of aromatic nitrogens is 2. The molecular weight excluding hydrogens is 326 g/mol. The van der Waals surface area contributed by atoms with Crippen LogP contribution in [0, 0.1) is 0 Å². The summed E-state index contributed by atoms with van der Waals surface area (Å²) < 4.78 is 0. The maximum absolute atomic E-state index is 12.5. The standard InChI is InChI=1S/C21H17N3O2/c1-13(25)6-7-16-10-15-11-17(8-9-19(15)22-16)23-21(26)20-12-14-4-2-3-5-18(14)24-20/h2-12,22,24H,1H3,(H,23,26)/b7-6+. The molecule has 0 aliphatic carbocycles. The number of anilines is 1. The molecule has 3 N–H and O–H groups in total. The highest BCUT2D eigenvalue weighted by Crippen LogP contribution is 2.22. The van der Waals surface area contributed by atoms with Crippen LogP contribution < -0.4 is 5.32 Å². The van der Waals surface area contributed by atoms with E-state index in [9.17, 15) is 9.59 Å². The van der Waals surface area contributed by atoms with E-state index in [1.54, 1.807) is 6.08 Å². The number of rotatable bonds is 4. The number of nitrogens with one attached hydrogen (secondary N) is 3. The average Bonchev–Trinajstić information content (AvgIpc) is 3.23. The van der Waals surface area contributed by atoms with Crippen LogP contribution >= 0.6 is 0 Å². The fraction of sp³-hybridized carbons (Fsp3) is 0.0476. The van der Waals surface area contributed by atoms with Gasteiger partial charge < -0.3 is 15.3 Å². The van der Waals surface area contributed by atoms with Crippen LogP contribution in [0.25, 0.3) is 27.9 Å². The van der Waals surface area contributed by atoms with Crippen molar-refractivity contribution in [2.75, 3.05) is 5.32 Å². The Kier molecular flexibility index (Phi) is 3.89. The van der Waals surface area contributed by atoms with Crippen molar-refractivity contribution >= 4 is 45.3 Å². The van der Waals surface area contributed by atoms with Crippen molar-refractivity contribution in [3.63, 3.8) is 0 Å². The molecule has 5 nitrogen and oxygen atoms in total. The molecule has 0 radical (unpaired) electrons. The van der Waals surface area contributed by atoms with Crippen molar-refractivity contribution in [1.29, 1.82) is 0 Å². The number of fused-ring (bicyclic) bond motifs is 2. The van der Waals surface area contributed by atoms with Gasteiger partial charge in [0.15, 0.2) is 5.78 Å². The summed E-state index contributed by atoms with van der Waals surface area (Å²) in [6.07, 6.45) is 3.26. The maximum Gasteiger partial charge on any atom is 0.272 e. The third-order valence-corrected chi connectivity index (χ3v) is 4.17. The number of hydrogen-bond acceptors (Lipinski definition) is 2. The zero-order valence-corrected chi connectivity index (χ0v) is 14.2. The predicted octanol–water partition coefficient (Wildman–Crippen LogP) is 4.50. The van der Waals surface area contributed by atoms with Gasteiger partial charge in [0.1, 0.15) is 5.69 Å². The Balaban J connectivity index is 1.58. The molecule has 0 unspecified atom stereocenters. The monoisotopic (exact) mass is 343 g/mol. The largest absolute Gasteiger partial charge is 0.355 e. The van der Waals surface area contributed by atoms with Gasteiger partial charge in [0.25, 0.3) is 5.91 Å². The number of amides is 1. The molecule has 0 bridgehead atoms. The number of aromatic amines is 2. The summed E-state index contributed by atoms with van der Waals surface area (Å²) in [7, 11) is 0. The summed E-state index contributed by atoms with van der Waals surface area (Å²) in [5, 5.41) is 4.88. The van der Waals surface area contributed by atoms with Gasteiger partial charge in [-0.25, -0.2) is 0 Å². The molecule has 4 aromatic rings. The second-order valence-electron chi connectivity index (χ2n) is 6.20. The molecule has 2 heterocycles. The van der Waals surface area contributed by atoms with Crippen LogP contribution in [-0.2, 0) is 4.79 Å². The molecule has 0 aliphatic rings. The molecule has 2 aromatic carbocycles. The fourth-order valence-corrected chi connectivity index (χ4v) is 2.92. The molecule has 0 saturated heterocycles. The molecule has 26 heavy (non-hydrogen) atoms. The lowest BCUT2D eigenvalue weighted by molar-refractivity contribution is -0.112. The Morgan fingerprint density at radius 3 is 2.54 bits per heavy atom. The maximum atomic E-state index is 12.5. The van der Waals surface area contributed by atoms with Crippen molar-refractivity contribution in [2.24, 2.45) is 0 Å². The van der Waals surface area contributed by atoms with E-state index in [0.29, 0.717) is 11.4 Å². The van der Waals surface area contributed by atoms with Crippen molar-refractivity contribution in [3.8, 4) is 0 Å². The molecule has 1 amide bonds. The molecule has 4 rings (SSSR count).